The summed E-state index contributed by atoms with van der Waals surface area (Å²) in [7, 11) is 0. The van der Waals surface area contributed by atoms with E-state index in [9.17, 15) is 60.0 Å². The van der Waals surface area contributed by atoms with E-state index in [1.165, 1.54) is 0 Å². The molecular formula is C18H14O14. The Bertz CT molecular complexity index is 971. The first-order chi connectivity index (χ1) is 14.8. The van der Waals surface area contributed by atoms with Crippen LogP contribution in [0.15, 0.2) is 24.3 Å². The summed E-state index contributed by atoms with van der Waals surface area (Å²) < 4.78 is 9.07. The summed E-state index contributed by atoms with van der Waals surface area (Å²) in [6.45, 7) is 0. The topological polar surface area (TPSA) is 249 Å². The molecule has 0 aliphatic carbocycles. The number of rotatable bonds is 7. The zero-order chi connectivity index (χ0) is 24.3. The third kappa shape index (κ3) is 4.81. The van der Waals surface area contributed by atoms with Gasteiger partial charge >= 0.3 is 23.9 Å². The van der Waals surface area contributed by atoms with Crippen molar-refractivity contribution in [2.75, 3.05) is 0 Å². The Kier molecular flexibility index (Phi) is 6.48. The fourth-order valence-electron chi connectivity index (χ4n) is 2.29. The summed E-state index contributed by atoms with van der Waals surface area (Å²) in [6.07, 6.45) is -5.28. The van der Waals surface area contributed by atoms with E-state index in [0.717, 1.165) is 0 Å². The number of carbonyl (C=O) groups is 4. The van der Waals surface area contributed by atoms with Crippen LogP contribution < -0.4 is 0 Å². The van der Waals surface area contributed by atoms with Crippen molar-refractivity contribution in [1.82, 2.24) is 0 Å². The van der Waals surface area contributed by atoms with Gasteiger partial charge in [0.1, 0.15) is 0 Å². The van der Waals surface area contributed by atoms with Gasteiger partial charge in [0.05, 0.1) is 11.1 Å². The highest BCUT2D eigenvalue weighted by atomic mass is 16.6. The fourth-order valence-corrected chi connectivity index (χ4v) is 2.29. The van der Waals surface area contributed by atoms with Crippen LogP contribution in [0.2, 0.25) is 0 Å². The predicted octanol–water partition coefficient (Wildman–Crippen LogP) is -0.160. The van der Waals surface area contributed by atoms with Crippen molar-refractivity contribution in [2.45, 2.75) is 12.2 Å². The maximum atomic E-state index is 12.2. The number of phenolic OH excluding ortho intramolecular Hbond substituents is 6. The summed E-state index contributed by atoms with van der Waals surface area (Å²) in [5.41, 5.74) is -1.37. The first-order valence-corrected chi connectivity index (χ1v) is 8.21. The van der Waals surface area contributed by atoms with Crippen LogP contribution >= 0.6 is 0 Å². The molecule has 2 aromatic carbocycles. The van der Waals surface area contributed by atoms with Crippen molar-refractivity contribution in [3.05, 3.63) is 35.4 Å². The van der Waals surface area contributed by atoms with Gasteiger partial charge in [-0.2, -0.15) is 0 Å². The number of carbonyl (C=O) groups excluding carboxylic acids is 2. The van der Waals surface area contributed by atoms with Crippen LogP contribution in [-0.2, 0) is 19.1 Å². The van der Waals surface area contributed by atoms with Crippen molar-refractivity contribution in [3.63, 3.8) is 0 Å². The summed E-state index contributed by atoms with van der Waals surface area (Å²) in [5.74, 6) is -13.2. The highest BCUT2D eigenvalue weighted by Crippen LogP contribution is 2.36. The van der Waals surface area contributed by atoms with E-state index in [1.54, 1.807) is 0 Å². The molecule has 14 nitrogen and oxygen atoms in total. The van der Waals surface area contributed by atoms with E-state index in [-0.39, 0.29) is 0 Å². The Morgan fingerprint density at radius 1 is 0.562 bits per heavy atom. The Morgan fingerprint density at radius 3 is 1.03 bits per heavy atom. The summed E-state index contributed by atoms with van der Waals surface area (Å²) in [5, 5.41) is 74.8. The number of ether oxygens (including phenoxy) is 2. The summed E-state index contributed by atoms with van der Waals surface area (Å²) >= 11 is 0. The molecule has 2 rings (SSSR count). The van der Waals surface area contributed by atoms with Crippen LogP contribution in [-0.4, -0.2) is 76.9 Å². The number of hydrogen-bond acceptors (Lipinski definition) is 12. The number of carboxylic acid groups (broad SMARTS) is 2. The fraction of sp³-hybridized carbons (Fsp3) is 0.111. The molecule has 2 aromatic rings. The second kappa shape index (κ2) is 8.86. The summed E-state index contributed by atoms with van der Waals surface area (Å²) in [6, 6.07) is 2.33. The van der Waals surface area contributed by atoms with Gasteiger partial charge in [-0.3, -0.25) is 0 Å². The first-order valence-electron chi connectivity index (χ1n) is 8.21. The van der Waals surface area contributed by atoms with E-state index in [0.29, 0.717) is 24.3 Å². The average Bonchev–Trinajstić information content (AvgIpc) is 2.71. The lowest BCUT2D eigenvalue weighted by Gasteiger charge is -2.21. The lowest BCUT2D eigenvalue weighted by Crippen LogP contribution is -2.45. The molecule has 0 amide bonds. The van der Waals surface area contributed by atoms with Crippen molar-refractivity contribution < 1.29 is 69.5 Å². The molecule has 0 heterocycles. The van der Waals surface area contributed by atoms with Crippen LogP contribution in [0.3, 0.4) is 0 Å². The highest BCUT2D eigenvalue weighted by molar-refractivity contribution is 5.96. The van der Waals surface area contributed by atoms with E-state index >= 15 is 0 Å². The second-order valence-electron chi connectivity index (χ2n) is 6.05. The van der Waals surface area contributed by atoms with Gasteiger partial charge < -0.3 is 50.3 Å². The molecule has 170 valence electrons. The van der Waals surface area contributed by atoms with Crippen molar-refractivity contribution in [1.29, 1.82) is 0 Å². The molecule has 0 bridgehead atoms. The first kappa shape index (κ1) is 23.4. The maximum absolute atomic E-state index is 12.2. The SMILES string of the molecule is O=C(O[C@@H](C(=O)O)[C@@H](OC(=O)c1cc(O)c(O)c(O)c1)C(=O)O)c1cc(O)c(O)c(O)c1. The van der Waals surface area contributed by atoms with E-state index < -0.39 is 81.7 Å². The Balaban J connectivity index is 2.32. The largest absolute Gasteiger partial charge is 0.504 e. The number of phenols is 6. The Morgan fingerprint density at radius 2 is 0.812 bits per heavy atom. The molecule has 0 aliphatic rings. The molecule has 0 spiro atoms. The lowest BCUT2D eigenvalue weighted by molar-refractivity contribution is -0.166. The van der Waals surface area contributed by atoms with Crippen LogP contribution in [0.25, 0.3) is 0 Å². The van der Waals surface area contributed by atoms with Gasteiger partial charge in [0.2, 0.25) is 12.2 Å². The van der Waals surface area contributed by atoms with Crippen molar-refractivity contribution in [2.24, 2.45) is 0 Å². The number of hydrogen-bond donors (Lipinski definition) is 8. The number of benzene rings is 2. The smallest absolute Gasteiger partial charge is 0.349 e. The molecule has 32 heavy (non-hydrogen) atoms. The van der Waals surface area contributed by atoms with E-state index in [2.05, 4.69) is 9.47 Å². The van der Waals surface area contributed by atoms with Crippen molar-refractivity contribution in [3.8, 4) is 34.5 Å². The number of aliphatic carboxylic acids is 2. The molecule has 2 atom stereocenters. The molecule has 0 unspecified atom stereocenters. The number of carboxylic acids is 2. The minimum absolute atomic E-state index is 0.583. The number of esters is 2. The zero-order valence-electron chi connectivity index (χ0n) is 15.5. The molecule has 0 fully saturated rings. The third-order valence-corrected chi connectivity index (χ3v) is 3.84. The standard InChI is InChI=1S/C18H14O14/c19-7-1-5(2-8(20)11(7)23)17(29)31-13(15(25)26)14(16(27)28)32-18(30)6-3-9(21)12(24)10(22)4-6/h1-4,13-14,19-24H,(H,25,26)(H,27,28)/t13-,14-/m1/s1. The van der Waals surface area contributed by atoms with Crippen molar-refractivity contribution >= 4 is 23.9 Å². The lowest BCUT2D eigenvalue weighted by atomic mass is 10.1. The molecule has 0 saturated carbocycles. The monoisotopic (exact) mass is 454 g/mol. The van der Waals surface area contributed by atoms with Crippen LogP contribution in [0.5, 0.6) is 34.5 Å². The minimum Gasteiger partial charge on any atom is -0.504 e. The number of aromatic hydroxyl groups is 6. The predicted molar refractivity (Wildman–Crippen MR) is 96.6 cm³/mol. The Labute approximate surface area is 176 Å². The molecule has 0 aromatic heterocycles. The van der Waals surface area contributed by atoms with Gasteiger partial charge in [-0.1, -0.05) is 0 Å². The van der Waals surface area contributed by atoms with Crippen LogP contribution in [0.4, 0.5) is 0 Å². The highest BCUT2D eigenvalue weighted by Gasteiger charge is 2.41. The van der Waals surface area contributed by atoms with E-state index in [1.807, 2.05) is 0 Å². The molecule has 14 heteroatoms. The third-order valence-electron chi connectivity index (χ3n) is 3.84. The van der Waals surface area contributed by atoms with Crippen LogP contribution in [0.1, 0.15) is 20.7 Å². The Hall–Kier alpha value is -4.88. The van der Waals surface area contributed by atoms with Gasteiger partial charge in [0.15, 0.2) is 34.5 Å². The van der Waals surface area contributed by atoms with Gasteiger partial charge in [0.25, 0.3) is 0 Å². The quantitative estimate of drug-likeness (QED) is 0.200. The molecule has 0 radical (unpaired) electrons. The van der Waals surface area contributed by atoms with Gasteiger partial charge in [-0.05, 0) is 24.3 Å². The van der Waals surface area contributed by atoms with Gasteiger partial charge in [-0.25, -0.2) is 19.2 Å². The minimum atomic E-state index is -2.64. The molecule has 0 aliphatic heterocycles. The van der Waals surface area contributed by atoms with E-state index in [4.69, 9.17) is 0 Å². The maximum Gasteiger partial charge on any atom is 0.349 e. The normalized spacial score (nSPS) is 12.4. The summed E-state index contributed by atoms with van der Waals surface area (Å²) in [4.78, 5) is 47.3. The zero-order valence-corrected chi connectivity index (χ0v) is 15.5. The van der Waals surface area contributed by atoms with Crippen LogP contribution in [0, 0.1) is 0 Å². The second-order valence-corrected chi connectivity index (χ2v) is 6.05. The average molecular weight is 454 g/mol. The molecular weight excluding hydrogens is 440 g/mol. The van der Waals surface area contributed by atoms with Gasteiger partial charge in [-0.15, -0.1) is 0 Å². The molecule has 0 saturated heterocycles. The van der Waals surface area contributed by atoms with Gasteiger partial charge in [0, 0.05) is 0 Å². The molecule has 8 N–H and O–H groups in total.